The summed E-state index contributed by atoms with van der Waals surface area (Å²) in [6.07, 6.45) is 0.453. The van der Waals surface area contributed by atoms with E-state index < -0.39 is 6.10 Å². The Morgan fingerprint density at radius 2 is 1.88 bits per heavy atom. The number of aliphatic hydroxyl groups is 1. The van der Waals surface area contributed by atoms with Gasteiger partial charge in [0.1, 0.15) is 6.10 Å². The molecule has 0 saturated heterocycles. The minimum atomic E-state index is -0.525. The smallest absolute Gasteiger partial charge is 0.102 e. The predicted octanol–water partition coefficient (Wildman–Crippen LogP) is 2.21. The van der Waals surface area contributed by atoms with Crippen LogP contribution in [0.25, 0.3) is 0 Å². The third-order valence-corrected chi connectivity index (χ3v) is 2.42. The van der Waals surface area contributed by atoms with Crippen LogP contribution in [0.15, 0.2) is 24.3 Å². The molecule has 1 aromatic carbocycles. The van der Waals surface area contributed by atoms with Crippen LogP contribution in [0.3, 0.4) is 0 Å². The Bertz CT molecular complexity index is 295. The molecule has 0 aliphatic heterocycles. The maximum absolute atomic E-state index is 9.84. The molecule has 1 rings (SSSR count). The molecule has 0 saturated carbocycles. The van der Waals surface area contributed by atoms with Crippen LogP contribution in [0, 0.1) is 0 Å². The van der Waals surface area contributed by atoms with Gasteiger partial charge in [-0.3, -0.25) is 0 Å². The van der Waals surface area contributed by atoms with Gasteiger partial charge in [-0.2, -0.15) is 0 Å². The lowest BCUT2D eigenvalue weighted by Gasteiger charge is -2.15. The van der Waals surface area contributed by atoms with Crippen LogP contribution in [0.5, 0.6) is 0 Å². The molecule has 1 atom stereocenters. The van der Waals surface area contributed by atoms with E-state index in [-0.39, 0.29) is 0 Å². The third kappa shape index (κ3) is 3.83. The lowest BCUT2D eigenvalue weighted by Crippen LogP contribution is -2.10. The Morgan fingerprint density at radius 3 is 2.38 bits per heavy atom. The number of ether oxygens (including phenoxy) is 1. The molecule has 0 spiro atoms. The highest BCUT2D eigenvalue weighted by molar-refractivity contribution is 5.46. The lowest BCUT2D eigenvalue weighted by atomic mass is 10.1. The number of rotatable bonds is 6. The normalized spacial score (nSPS) is 12.5. The third-order valence-electron chi connectivity index (χ3n) is 2.42. The first-order chi connectivity index (χ1) is 7.65. The standard InChI is InChI=1S/C13H21NO2/c1-4-9-16-10-13(15)11-5-7-12(8-6-11)14(2)3/h5-8,13,15H,4,9-10H2,1-3H3. The number of hydrogen-bond acceptors (Lipinski definition) is 3. The average Bonchev–Trinajstić information content (AvgIpc) is 2.29. The second kappa shape index (κ2) is 6.51. The Kier molecular flexibility index (Phi) is 5.29. The summed E-state index contributed by atoms with van der Waals surface area (Å²) in [5.41, 5.74) is 2.03. The summed E-state index contributed by atoms with van der Waals surface area (Å²) in [5, 5.41) is 9.84. The van der Waals surface area contributed by atoms with Crippen molar-refractivity contribution in [2.45, 2.75) is 19.4 Å². The predicted molar refractivity (Wildman–Crippen MR) is 66.8 cm³/mol. The van der Waals surface area contributed by atoms with Gasteiger partial charge in [-0.05, 0) is 24.1 Å². The van der Waals surface area contributed by atoms with Crippen LogP contribution in [0.2, 0.25) is 0 Å². The first-order valence-electron chi connectivity index (χ1n) is 5.68. The fraction of sp³-hybridized carbons (Fsp3) is 0.538. The molecule has 0 aromatic heterocycles. The molecule has 1 aromatic rings. The summed E-state index contributed by atoms with van der Waals surface area (Å²) in [6.45, 7) is 3.13. The van der Waals surface area contributed by atoms with Gasteiger partial charge in [-0.25, -0.2) is 0 Å². The number of benzene rings is 1. The van der Waals surface area contributed by atoms with Crippen molar-refractivity contribution in [1.82, 2.24) is 0 Å². The molecule has 3 nitrogen and oxygen atoms in total. The maximum Gasteiger partial charge on any atom is 0.102 e. The van der Waals surface area contributed by atoms with Crippen molar-refractivity contribution in [1.29, 1.82) is 0 Å². The number of anilines is 1. The number of hydrogen-bond donors (Lipinski definition) is 1. The summed E-state index contributed by atoms with van der Waals surface area (Å²) < 4.78 is 5.32. The highest BCUT2D eigenvalue weighted by Crippen LogP contribution is 2.18. The molecule has 90 valence electrons. The topological polar surface area (TPSA) is 32.7 Å². The van der Waals surface area contributed by atoms with Gasteiger partial charge in [-0.1, -0.05) is 19.1 Å². The summed E-state index contributed by atoms with van der Waals surface area (Å²) in [7, 11) is 3.99. The van der Waals surface area contributed by atoms with Crippen molar-refractivity contribution >= 4 is 5.69 Å². The van der Waals surface area contributed by atoms with Crippen molar-refractivity contribution in [3.8, 4) is 0 Å². The molecular weight excluding hydrogens is 202 g/mol. The lowest BCUT2D eigenvalue weighted by molar-refractivity contribution is 0.0364. The van der Waals surface area contributed by atoms with E-state index >= 15 is 0 Å². The fourth-order valence-electron chi connectivity index (χ4n) is 1.43. The van der Waals surface area contributed by atoms with Crippen LogP contribution >= 0.6 is 0 Å². The second-order valence-corrected chi connectivity index (χ2v) is 4.08. The monoisotopic (exact) mass is 223 g/mol. The van der Waals surface area contributed by atoms with Crippen molar-refractivity contribution in [3.63, 3.8) is 0 Å². The van der Waals surface area contributed by atoms with Crippen LogP contribution in [-0.4, -0.2) is 32.4 Å². The zero-order valence-electron chi connectivity index (χ0n) is 10.3. The van der Waals surface area contributed by atoms with Crippen molar-refractivity contribution in [2.75, 3.05) is 32.2 Å². The summed E-state index contributed by atoms with van der Waals surface area (Å²) >= 11 is 0. The fourth-order valence-corrected chi connectivity index (χ4v) is 1.43. The Morgan fingerprint density at radius 1 is 1.25 bits per heavy atom. The molecular formula is C13H21NO2. The van der Waals surface area contributed by atoms with Crippen molar-refractivity contribution < 1.29 is 9.84 Å². The maximum atomic E-state index is 9.84. The molecule has 0 heterocycles. The first kappa shape index (κ1) is 13.0. The Balaban J connectivity index is 2.52. The highest BCUT2D eigenvalue weighted by Gasteiger charge is 2.07. The Hall–Kier alpha value is -1.06. The van der Waals surface area contributed by atoms with E-state index in [1.807, 2.05) is 43.3 Å². The zero-order valence-corrected chi connectivity index (χ0v) is 10.3. The Labute approximate surface area is 97.7 Å². The molecule has 0 aliphatic rings. The van der Waals surface area contributed by atoms with E-state index in [0.717, 1.165) is 17.7 Å². The van der Waals surface area contributed by atoms with Crippen LogP contribution in [-0.2, 0) is 4.74 Å². The van der Waals surface area contributed by atoms with E-state index in [2.05, 4.69) is 6.92 Å². The molecule has 0 bridgehead atoms. The van der Waals surface area contributed by atoms with Gasteiger partial charge in [0.2, 0.25) is 0 Å². The van der Waals surface area contributed by atoms with Gasteiger partial charge in [0.05, 0.1) is 6.61 Å². The minimum absolute atomic E-state index is 0.370. The molecule has 0 radical (unpaired) electrons. The summed E-state index contributed by atoms with van der Waals surface area (Å²) in [4.78, 5) is 2.03. The van der Waals surface area contributed by atoms with Crippen molar-refractivity contribution in [2.24, 2.45) is 0 Å². The molecule has 0 fully saturated rings. The molecule has 3 heteroatoms. The minimum Gasteiger partial charge on any atom is -0.386 e. The quantitative estimate of drug-likeness (QED) is 0.751. The van der Waals surface area contributed by atoms with Gasteiger partial charge < -0.3 is 14.7 Å². The molecule has 0 amide bonds. The van der Waals surface area contributed by atoms with E-state index in [9.17, 15) is 5.11 Å². The van der Waals surface area contributed by atoms with E-state index in [4.69, 9.17) is 4.74 Å². The molecule has 1 unspecified atom stereocenters. The van der Waals surface area contributed by atoms with Crippen molar-refractivity contribution in [3.05, 3.63) is 29.8 Å². The van der Waals surface area contributed by atoms with Crippen LogP contribution < -0.4 is 4.90 Å². The number of nitrogens with zero attached hydrogens (tertiary/aromatic N) is 1. The van der Waals surface area contributed by atoms with Gasteiger partial charge in [0.25, 0.3) is 0 Å². The van der Waals surface area contributed by atoms with Gasteiger partial charge in [0, 0.05) is 26.4 Å². The molecule has 1 N–H and O–H groups in total. The summed E-state index contributed by atoms with van der Waals surface area (Å²) in [5.74, 6) is 0. The molecule has 0 aliphatic carbocycles. The largest absolute Gasteiger partial charge is 0.386 e. The van der Waals surface area contributed by atoms with E-state index in [0.29, 0.717) is 13.2 Å². The van der Waals surface area contributed by atoms with E-state index in [1.54, 1.807) is 0 Å². The second-order valence-electron chi connectivity index (χ2n) is 4.08. The van der Waals surface area contributed by atoms with Crippen LogP contribution in [0.1, 0.15) is 25.0 Å². The first-order valence-corrected chi connectivity index (χ1v) is 5.68. The number of aliphatic hydroxyl groups excluding tert-OH is 1. The van der Waals surface area contributed by atoms with E-state index in [1.165, 1.54) is 0 Å². The highest BCUT2D eigenvalue weighted by atomic mass is 16.5. The summed E-state index contributed by atoms with van der Waals surface area (Å²) in [6, 6.07) is 7.88. The van der Waals surface area contributed by atoms with Gasteiger partial charge in [-0.15, -0.1) is 0 Å². The van der Waals surface area contributed by atoms with Gasteiger partial charge in [0.15, 0.2) is 0 Å². The molecule has 16 heavy (non-hydrogen) atoms. The zero-order chi connectivity index (χ0) is 12.0. The SMILES string of the molecule is CCCOCC(O)c1ccc(N(C)C)cc1. The van der Waals surface area contributed by atoms with Crippen LogP contribution in [0.4, 0.5) is 5.69 Å². The average molecular weight is 223 g/mol. The van der Waals surface area contributed by atoms with Gasteiger partial charge >= 0.3 is 0 Å².